The molecule has 0 aliphatic rings. The van der Waals surface area contributed by atoms with Gasteiger partial charge >= 0.3 is 5.97 Å². The van der Waals surface area contributed by atoms with E-state index in [-0.39, 0.29) is 24.3 Å². The molecule has 2 aromatic carbocycles. The van der Waals surface area contributed by atoms with Crippen molar-refractivity contribution >= 4 is 16.1 Å². The third-order valence-electron chi connectivity index (χ3n) is 4.83. The summed E-state index contributed by atoms with van der Waals surface area (Å²) >= 11 is 0. The lowest BCUT2D eigenvalue weighted by molar-refractivity contribution is -0.140. The highest BCUT2D eigenvalue weighted by Gasteiger charge is 2.26. The number of hydrogen-bond acceptors (Lipinski definition) is 8. The molecule has 9 heteroatoms. The van der Waals surface area contributed by atoms with Crippen molar-refractivity contribution in [3.05, 3.63) is 47.5 Å². The van der Waals surface area contributed by atoms with Gasteiger partial charge < -0.3 is 18.9 Å². The highest BCUT2D eigenvalue weighted by Crippen LogP contribution is 2.43. The van der Waals surface area contributed by atoms with Gasteiger partial charge in [-0.25, -0.2) is 0 Å². The molecule has 0 bridgehead atoms. The maximum absolute atomic E-state index is 12.7. The molecule has 0 saturated carbocycles. The Hall–Kier alpha value is -2.78. The molecule has 0 radical (unpaired) electrons. The van der Waals surface area contributed by atoms with Gasteiger partial charge in [-0.3, -0.25) is 8.98 Å². The van der Waals surface area contributed by atoms with E-state index in [0.29, 0.717) is 22.8 Å². The lowest BCUT2D eigenvalue weighted by Crippen LogP contribution is -2.16. The number of benzene rings is 2. The molecule has 2 rings (SSSR count). The fourth-order valence-electron chi connectivity index (χ4n) is 3.11. The van der Waals surface area contributed by atoms with E-state index in [1.54, 1.807) is 24.3 Å². The van der Waals surface area contributed by atoms with Crippen molar-refractivity contribution in [1.29, 1.82) is 0 Å². The van der Waals surface area contributed by atoms with Gasteiger partial charge in [0.05, 0.1) is 39.9 Å². The van der Waals surface area contributed by atoms with Gasteiger partial charge in [0.15, 0.2) is 11.5 Å². The summed E-state index contributed by atoms with van der Waals surface area (Å²) in [5.41, 5.74) is 1.56. The fraction of sp³-hybridized carbons (Fsp3) is 0.409. The third kappa shape index (κ3) is 6.11. The smallest absolute Gasteiger partial charge is 0.305 e. The third-order valence-corrected chi connectivity index (χ3v) is 6.13. The molecular weight excluding hydrogens is 424 g/mol. The number of rotatable bonds is 11. The quantitative estimate of drug-likeness (QED) is 0.378. The van der Waals surface area contributed by atoms with E-state index in [1.165, 1.54) is 40.6 Å². The molecule has 0 N–H and O–H groups in total. The van der Waals surface area contributed by atoms with Gasteiger partial charge in [-0.2, -0.15) is 8.42 Å². The van der Waals surface area contributed by atoms with Crippen LogP contribution in [-0.4, -0.2) is 49.4 Å². The Bertz CT molecular complexity index is 983. The van der Waals surface area contributed by atoms with Crippen LogP contribution in [-0.2, 0) is 23.8 Å². The molecule has 2 aromatic rings. The highest BCUT2D eigenvalue weighted by atomic mass is 32.2. The Morgan fingerprint density at radius 1 is 0.903 bits per heavy atom. The zero-order valence-electron chi connectivity index (χ0n) is 18.3. The van der Waals surface area contributed by atoms with E-state index >= 15 is 0 Å². The molecule has 0 saturated heterocycles. The minimum absolute atomic E-state index is 0.0593. The summed E-state index contributed by atoms with van der Waals surface area (Å²) in [5, 5.41) is 0. The van der Waals surface area contributed by atoms with Crippen LogP contribution in [0.1, 0.15) is 29.9 Å². The lowest BCUT2D eigenvalue weighted by Gasteiger charge is -2.22. The van der Waals surface area contributed by atoms with E-state index in [4.69, 9.17) is 23.1 Å². The SMILES string of the molecule is COC(=O)CCC(COS(=O)(=O)c1ccc(C)cc1)c1ccc(OC)c(OC)c1OC. The average Bonchev–Trinajstić information content (AvgIpc) is 2.78. The topological polar surface area (TPSA) is 97.4 Å². The number of aryl methyl sites for hydroxylation is 1. The number of methoxy groups -OCH3 is 4. The summed E-state index contributed by atoms with van der Waals surface area (Å²) in [7, 11) is 1.77. The standard InChI is InChI=1S/C22H28O8S/c1-15-6-9-17(10-7-15)31(24,25)30-14-16(8-13-20(23)27-3)18-11-12-19(26-2)22(29-5)21(18)28-4/h6-7,9-12,16H,8,13-14H2,1-5H3. The highest BCUT2D eigenvalue weighted by molar-refractivity contribution is 7.86. The summed E-state index contributed by atoms with van der Waals surface area (Å²) in [5.74, 6) is 0.308. The molecule has 0 aliphatic heterocycles. The molecule has 170 valence electrons. The van der Waals surface area contributed by atoms with Gasteiger partial charge in [0.2, 0.25) is 5.75 Å². The van der Waals surface area contributed by atoms with Crippen LogP contribution in [0.2, 0.25) is 0 Å². The summed E-state index contributed by atoms with van der Waals surface area (Å²) < 4.78 is 51.7. The van der Waals surface area contributed by atoms with Crippen molar-refractivity contribution in [1.82, 2.24) is 0 Å². The van der Waals surface area contributed by atoms with Gasteiger partial charge in [0, 0.05) is 17.9 Å². The number of esters is 1. The molecule has 0 spiro atoms. The Labute approximate surface area is 183 Å². The van der Waals surface area contributed by atoms with E-state index in [9.17, 15) is 13.2 Å². The summed E-state index contributed by atoms with van der Waals surface area (Å²) in [6.07, 6.45) is 0.356. The summed E-state index contributed by atoms with van der Waals surface area (Å²) in [4.78, 5) is 11.8. The van der Waals surface area contributed by atoms with Crippen molar-refractivity contribution in [3.8, 4) is 17.2 Å². The van der Waals surface area contributed by atoms with Crippen LogP contribution in [0.15, 0.2) is 41.3 Å². The van der Waals surface area contributed by atoms with Crippen molar-refractivity contribution in [2.45, 2.75) is 30.6 Å². The monoisotopic (exact) mass is 452 g/mol. The fourth-order valence-corrected chi connectivity index (χ4v) is 4.06. The molecular formula is C22H28O8S. The van der Waals surface area contributed by atoms with Gasteiger partial charge in [-0.1, -0.05) is 23.8 Å². The Kier molecular flexibility index (Phi) is 8.70. The minimum Gasteiger partial charge on any atom is -0.493 e. The van der Waals surface area contributed by atoms with E-state index in [0.717, 1.165) is 5.56 Å². The van der Waals surface area contributed by atoms with Gasteiger partial charge in [0.1, 0.15) is 0 Å². The van der Waals surface area contributed by atoms with Crippen molar-refractivity contribution < 1.29 is 36.3 Å². The molecule has 0 aliphatic carbocycles. The van der Waals surface area contributed by atoms with Crippen LogP contribution in [0.5, 0.6) is 17.2 Å². The summed E-state index contributed by atoms with van der Waals surface area (Å²) in [6, 6.07) is 9.81. The Balaban J connectivity index is 2.37. The first kappa shape index (κ1) is 24.5. The number of hydrogen-bond donors (Lipinski definition) is 0. The second-order valence-corrected chi connectivity index (χ2v) is 8.40. The number of carbonyl (C=O) groups is 1. The van der Waals surface area contributed by atoms with Gasteiger partial charge in [0.25, 0.3) is 10.1 Å². The molecule has 1 unspecified atom stereocenters. The molecule has 0 aromatic heterocycles. The van der Waals surface area contributed by atoms with Crippen molar-refractivity contribution in [2.24, 2.45) is 0 Å². The Morgan fingerprint density at radius 3 is 2.10 bits per heavy atom. The normalized spacial score (nSPS) is 12.2. The van der Waals surface area contributed by atoms with Crippen LogP contribution in [0.25, 0.3) is 0 Å². The molecule has 0 heterocycles. The van der Waals surface area contributed by atoms with Gasteiger partial charge in [-0.15, -0.1) is 0 Å². The van der Waals surface area contributed by atoms with E-state index in [2.05, 4.69) is 0 Å². The molecule has 1 atom stereocenters. The van der Waals surface area contributed by atoms with Crippen LogP contribution < -0.4 is 14.2 Å². The predicted molar refractivity (Wildman–Crippen MR) is 114 cm³/mol. The van der Waals surface area contributed by atoms with E-state index in [1.807, 2.05) is 6.92 Å². The average molecular weight is 453 g/mol. The Morgan fingerprint density at radius 2 is 1.55 bits per heavy atom. The van der Waals surface area contributed by atoms with Crippen LogP contribution >= 0.6 is 0 Å². The van der Waals surface area contributed by atoms with Crippen LogP contribution in [0, 0.1) is 6.92 Å². The van der Waals surface area contributed by atoms with Crippen LogP contribution in [0.3, 0.4) is 0 Å². The summed E-state index contributed by atoms with van der Waals surface area (Å²) in [6.45, 7) is 1.67. The van der Waals surface area contributed by atoms with E-state index < -0.39 is 22.0 Å². The first-order chi connectivity index (χ1) is 14.8. The lowest BCUT2D eigenvalue weighted by atomic mass is 9.93. The second kappa shape index (κ2) is 11.0. The largest absolute Gasteiger partial charge is 0.493 e. The zero-order valence-corrected chi connectivity index (χ0v) is 19.2. The minimum atomic E-state index is -3.99. The molecule has 0 amide bonds. The first-order valence-corrected chi connectivity index (χ1v) is 11.0. The molecule has 31 heavy (non-hydrogen) atoms. The first-order valence-electron chi connectivity index (χ1n) is 9.59. The van der Waals surface area contributed by atoms with Crippen LogP contribution in [0.4, 0.5) is 0 Å². The number of carbonyl (C=O) groups excluding carboxylic acids is 1. The maximum Gasteiger partial charge on any atom is 0.305 e. The van der Waals surface area contributed by atoms with Crippen molar-refractivity contribution in [2.75, 3.05) is 35.0 Å². The second-order valence-electron chi connectivity index (χ2n) is 6.79. The maximum atomic E-state index is 12.7. The van der Waals surface area contributed by atoms with Gasteiger partial charge in [-0.05, 0) is 31.5 Å². The number of ether oxygens (including phenoxy) is 4. The molecule has 8 nitrogen and oxygen atoms in total. The molecule has 0 fully saturated rings. The zero-order chi connectivity index (χ0) is 23.0. The predicted octanol–water partition coefficient (Wildman–Crippen LogP) is 3.46. The van der Waals surface area contributed by atoms with Crippen molar-refractivity contribution in [3.63, 3.8) is 0 Å².